The SMILES string of the molecule is CC[C@@H](C(=O)NCc1cccnc1)N(c1ccc(Cl)cc1)S(C)(=O)=O. The van der Waals surface area contributed by atoms with Crippen molar-refractivity contribution in [3.8, 4) is 0 Å². The van der Waals surface area contributed by atoms with Crippen molar-refractivity contribution in [3.05, 3.63) is 59.4 Å². The molecule has 2 aromatic rings. The summed E-state index contributed by atoms with van der Waals surface area (Å²) in [5, 5.41) is 3.26. The molecule has 25 heavy (non-hydrogen) atoms. The first kappa shape index (κ1) is 19.2. The number of hydrogen-bond acceptors (Lipinski definition) is 4. The number of carbonyl (C=O) groups excluding carboxylic acids is 1. The number of amides is 1. The third-order valence-electron chi connectivity index (χ3n) is 3.60. The Labute approximate surface area is 152 Å². The summed E-state index contributed by atoms with van der Waals surface area (Å²) >= 11 is 5.87. The van der Waals surface area contributed by atoms with E-state index in [4.69, 9.17) is 11.6 Å². The number of nitrogens with zero attached hydrogens (tertiary/aromatic N) is 2. The van der Waals surface area contributed by atoms with E-state index in [0.29, 0.717) is 17.1 Å². The highest BCUT2D eigenvalue weighted by atomic mass is 35.5. The lowest BCUT2D eigenvalue weighted by molar-refractivity contribution is -0.122. The lowest BCUT2D eigenvalue weighted by Gasteiger charge is -2.30. The van der Waals surface area contributed by atoms with E-state index in [2.05, 4.69) is 10.3 Å². The standard InChI is InChI=1S/C17H20ClN3O3S/c1-3-16(17(22)20-12-13-5-4-10-19-11-13)21(25(2,23)24)15-8-6-14(18)7-9-15/h4-11,16H,3,12H2,1-2H3,(H,20,22)/t16-/m0/s1. The highest BCUT2D eigenvalue weighted by Gasteiger charge is 2.31. The summed E-state index contributed by atoms with van der Waals surface area (Å²) in [5.41, 5.74) is 1.23. The summed E-state index contributed by atoms with van der Waals surface area (Å²) in [6, 6.07) is 9.11. The van der Waals surface area contributed by atoms with Crippen molar-refractivity contribution in [2.45, 2.75) is 25.9 Å². The van der Waals surface area contributed by atoms with Gasteiger partial charge in [-0.25, -0.2) is 8.42 Å². The van der Waals surface area contributed by atoms with E-state index in [1.165, 1.54) is 0 Å². The maximum atomic E-state index is 12.6. The molecule has 6 nitrogen and oxygen atoms in total. The van der Waals surface area contributed by atoms with Crippen LogP contribution in [0.5, 0.6) is 0 Å². The second-order valence-corrected chi connectivity index (χ2v) is 7.83. The third-order valence-corrected chi connectivity index (χ3v) is 5.03. The lowest BCUT2D eigenvalue weighted by Crippen LogP contribution is -2.49. The predicted octanol–water partition coefficient (Wildman–Crippen LogP) is 2.60. The summed E-state index contributed by atoms with van der Waals surface area (Å²) in [7, 11) is -3.65. The molecule has 0 bridgehead atoms. The summed E-state index contributed by atoms with van der Waals surface area (Å²) in [6.45, 7) is 2.05. The molecule has 1 heterocycles. The average Bonchev–Trinajstić information content (AvgIpc) is 2.58. The van der Waals surface area contributed by atoms with E-state index < -0.39 is 16.1 Å². The predicted molar refractivity (Wildman–Crippen MR) is 98.9 cm³/mol. The fourth-order valence-corrected chi connectivity index (χ4v) is 3.80. The molecule has 1 amide bonds. The molecule has 0 saturated heterocycles. The maximum absolute atomic E-state index is 12.6. The number of anilines is 1. The molecule has 0 aliphatic rings. The van der Waals surface area contributed by atoms with Gasteiger partial charge >= 0.3 is 0 Å². The summed E-state index contributed by atoms with van der Waals surface area (Å²) in [6.07, 6.45) is 4.70. The fraction of sp³-hybridized carbons (Fsp3) is 0.294. The Morgan fingerprint density at radius 2 is 1.96 bits per heavy atom. The normalized spacial score (nSPS) is 12.4. The second kappa shape index (κ2) is 8.31. The molecule has 1 atom stereocenters. The van der Waals surface area contributed by atoms with Gasteiger partial charge in [-0.3, -0.25) is 14.1 Å². The molecule has 1 aromatic carbocycles. The minimum absolute atomic E-state index is 0.279. The van der Waals surface area contributed by atoms with Gasteiger partial charge in [0.05, 0.1) is 11.9 Å². The molecule has 0 spiro atoms. The Bertz CT molecular complexity index is 811. The van der Waals surface area contributed by atoms with Crippen LogP contribution < -0.4 is 9.62 Å². The average molecular weight is 382 g/mol. The molecule has 0 aliphatic carbocycles. The van der Waals surface area contributed by atoms with Crippen LogP contribution in [0.1, 0.15) is 18.9 Å². The number of halogens is 1. The first-order valence-corrected chi connectivity index (χ1v) is 9.97. The number of nitrogens with one attached hydrogen (secondary N) is 1. The molecule has 0 aliphatic heterocycles. The van der Waals surface area contributed by atoms with E-state index in [9.17, 15) is 13.2 Å². The second-order valence-electron chi connectivity index (χ2n) is 5.54. The maximum Gasteiger partial charge on any atom is 0.244 e. The molecule has 2 rings (SSSR count). The molecule has 0 saturated carbocycles. The van der Waals surface area contributed by atoms with Crippen LogP contribution in [0.2, 0.25) is 5.02 Å². The first-order valence-electron chi connectivity index (χ1n) is 7.74. The number of sulfonamides is 1. The van der Waals surface area contributed by atoms with E-state index >= 15 is 0 Å². The van der Waals surface area contributed by atoms with Crippen molar-refractivity contribution in [3.63, 3.8) is 0 Å². The van der Waals surface area contributed by atoms with Crippen molar-refractivity contribution in [1.29, 1.82) is 0 Å². The highest BCUT2D eigenvalue weighted by molar-refractivity contribution is 7.92. The van der Waals surface area contributed by atoms with Crippen LogP contribution in [-0.4, -0.2) is 31.6 Å². The highest BCUT2D eigenvalue weighted by Crippen LogP contribution is 2.24. The minimum atomic E-state index is -3.65. The van der Waals surface area contributed by atoms with Crippen LogP contribution in [0, 0.1) is 0 Å². The monoisotopic (exact) mass is 381 g/mol. The summed E-state index contributed by atoms with van der Waals surface area (Å²) < 4.78 is 25.7. The zero-order valence-corrected chi connectivity index (χ0v) is 15.6. The Morgan fingerprint density at radius 1 is 1.28 bits per heavy atom. The number of hydrogen-bond donors (Lipinski definition) is 1. The fourth-order valence-electron chi connectivity index (χ4n) is 2.46. The van der Waals surface area contributed by atoms with Gasteiger partial charge in [-0.2, -0.15) is 0 Å². The zero-order valence-electron chi connectivity index (χ0n) is 14.0. The molecule has 1 N–H and O–H groups in total. The van der Waals surface area contributed by atoms with Gasteiger partial charge in [0.2, 0.25) is 15.9 Å². The van der Waals surface area contributed by atoms with Crippen LogP contribution in [0.25, 0.3) is 0 Å². The number of benzene rings is 1. The Hall–Kier alpha value is -2.12. The van der Waals surface area contributed by atoms with Gasteiger partial charge in [0, 0.05) is 24.0 Å². The van der Waals surface area contributed by atoms with Crippen molar-refractivity contribution >= 4 is 33.2 Å². The van der Waals surface area contributed by atoms with E-state index in [1.807, 2.05) is 6.07 Å². The Balaban J connectivity index is 2.23. The molecule has 0 radical (unpaired) electrons. The van der Waals surface area contributed by atoms with E-state index in [1.54, 1.807) is 49.6 Å². The Morgan fingerprint density at radius 3 is 2.48 bits per heavy atom. The van der Waals surface area contributed by atoms with Gasteiger partial charge in [-0.15, -0.1) is 0 Å². The van der Waals surface area contributed by atoms with Gasteiger partial charge in [0.1, 0.15) is 6.04 Å². The van der Waals surface area contributed by atoms with E-state index in [0.717, 1.165) is 16.1 Å². The molecule has 1 aromatic heterocycles. The largest absolute Gasteiger partial charge is 0.350 e. The van der Waals surface area contributed by atoms with Gasteiger partial charge in [0.15, 0.2) is 0 Å². The van der Waals surface area contributed by atoms with Gasteiger partial charge < -0.3 is 5.32 Å². The molecule has 0 unspecified atom stereocenters. The van der Waals surface area contributed by atoms with Crippen LogP contribution in [0.3, 0.4) is 0 Å². The van der Waals surface area contributed by atoms with Crippen molar-refractivity contribution in [2.24, 2.45) is 0 Å². The first-order chi connectivity index (χ1) is 11.8. The molecular weight excluding hydrogens is 362 g/mol. The molecule has 134 valence electrons. The zero-order chi connectivity index (χ0) is 18.4. The summed E-state index contributed by atoms with van der Waals surface area (Å²) in [5.74, 6) is -0.369. The van der Waals surface area contributed by atoms with Crippen molar-refractivity contribution in [2.75, 3.05) is 10.6 Å². The molecule has 8 heteroatoms. The van der Waals surface area contributed by atoms with Crippen LogP contribution in [0.15, 0.2) is 48.8 Å². The van der Waals surface area contributed by atoms with Crippen LogP contribution >= 0.6 is 11.6 Å². The van der Waals surface area contributed by atoms with Gasteiger partial charge in [0.25, 0.3) is 0 Å². The number of carbonyl (C=O) groups is 1. The quantitative estimate of drug-likeness (QED) is 0.799. The molecular formula is C17H20ClN3O3S. The smallest absolute Gasteiger partial charge is 0.244 e. The number of pyridine rings is 1. The lowest BCUT2D eigenvalue weighted by atomic mass is 10.2. The number of rotatable bonds is 7. The minimum Gasteiger partial charge on any atom is -0.350 e. The molecule has 0 fully saturated rings. The Kier molecular flexibility index (Phi) is 6.39. The van der Waals surface area contributed by atoms with E-state index in [-0.39, 0.29) is 12.5 Å². The van der Waals surface area contributed by atoms with Crippen molar-refractivity contribution < 1.29 is 13.2 Å². The summed E-state index contributed by atoms with van der Waals surface area (Å²) in [4.78, 5) is 16.6. The van der Waals surface area contributed by atoms with Crippen LogP contribution in [0.4, 0.5) is 5.69 Å². The third kappa shape index (κ3) is 5.17. The number of aromatic nitrogens is 1. The van der Waals surface area contributed by atoms with Gasteiger partial charge in [-0.05, 0) is 42.3 Å². The van der Waals surface area contributed by atoms with Gasteiger partial charge in [-0.1, -0.05) is 24.6 Å². The topological polar surface area (TPSA) is 79.4 Å². The van der Waals surface area contributed by atoms with Crippen LogP contribution in [-0.2, 0) is 21.4 Å². The van der Waals surface area contributed by atoms with Crippen molar-refractivity contribution in [1.82, 2.24) is 10.3 Å².